The number of carbonyl (C=O) groups excluding carboxylic acids is 1. The van der Waals surface area contributed by atoms with Gasteiger partial charge in [-0.1, -0.05) is 11.6 Å². The number of nitrogens with one attached hydrogen (secondary N) is 1. The number of hydrogen-bond acceptors (Lipinski definition) is 5. The van der Waals surface area contributed by atoms with Gasteiger partial charge in [0.25, 0.3) is 5.91 Å². The molecule has 3 heterocycles. The molecule has 1 saturated carbocycles. The van der Waals surface area contributed by atoms with E-state index in [1.165, 1.54) is 0 Å². The summed E-state index contributed by atoms with van der Waals surface area (Å²) < 4.78 is 38.7. The number of carbonyl (C=O) groups is 1. The molecule has 1 aliphatic carbocycles. The highest BCUT2D eigenvalue weighted by Gasteiger charge is 2.37. The van der Waals surface area contributed by atoms with Crippen LogP contribution in [0.5, 0.6) is 5.75 Å². The number of ether oxygens (including phenoxy) is 2. The third-order valence-corrected chi connectivity index (χ3v) is 7.37. The Morgan fingerprint density at radius 1 is 1.17 bits per heavy atom. The zero-order valence-corrected chi connectivity index (χ0v) is 18.8. The lowest BCUT2D eigenvalue weighted by molar-refractivity contribution is -0.140. The SMILES string of the molecule is CS(=O)(=O)NC1CCCN2C(=O)COc3ccc(Cl)cc3C3CCC(CC3)OC[C@@H]12. The highest BCUT2D eigenvalue weighted by Crippen LogP contribution is 2.40. The van der Waals surface area contributed by atoms with Crippen LogP contribution in [0.15, 0.2) is 18.2 Å². The number of sulfonamides is 1. The van der Waals surface area contributed by atoms with Gasteiger partial charge in [0.05, 0.1) is 25.0 Å². The van der Waals surface area contributed by atoms with E-state index in [1.807, 2.05) is 12.1 Å². The molecule has 9 heteroatoms. The van der Waals surface area contributed by atoms with Crippen molar-refractivity contribution >= 4 is 27.5 Å². The standard InChI is InChI=1S/C21H29ClN2O5S/c1-30(26,27)23-18-3-2-10-24-19(18)12-28-16-7-4-14(5-8-16)17-11-15(22)6-9-20(17)29-13-21(24)25/h6,9,11,14,16,18-19,23H,2-5,7-8,10,12-13H2,1H3/t14?,16?,18?,19-/m0/s1. The second kappa shape index (κ2) is 9.02. The topological polar surface area (TPSA) is 84.9 Å². The summed E-state index contributed by atoms with van der Waals surface area (Å²) in [6.45, 7) is 0.804. The zero-order valence-electron chi connectivity index (χ0n) is 17.2. The molecule has 5 rings (SSSR count). The van der Waals surface area contributed by atoms with Crippen LogP contribution in [-0.4, -0.2) is 63.4 Å². The van der Waals surface area contributed by atoms with Crippen LogP contribution in [0.1, 0.15) is 50.0 Å². The number of nitrogens with zero attached hydrogens (tertiary/aromatic N) is 1. The second-order valence-electron chi connectivity index (χ2n) is 8.57. The molecular weight excluding hydrogens is 428 g/mol. The molecule has 2 atom stereocenters. The first-order valence-corrected chi connectivity index (χ1v) is 12.9. The van der Waals surface area contributed by atoms with Crippen molar-refractivity contribution in [3.8, 4) is 5.75 Å². The van der Waals surface area contributed by atoms with Gasteiger partial charge in [-0.2, -0.15) is 0 Å². The monoisotopic (exact) mass is 456 g/mol. The lowest BCUT2D eigenvalue weighted by Crippen LogP contribution is -2.59. The molecule has 0 radical (unpaired) electrons. The number of hydrogen-bond donors (Lipinski definition) is 1. The lowest BCUT2D eigenvalue weighted by atomic mass is 9.82. The molecule has 1 N–H and O–H groups in total. The maximum Gasteiger partial charge on any atom is 0.260 e. The van der Waals surface area contributed by atoms with E-state index in [0.29, 0.717) is 36.3 Å². The van der Waals surface area contributed by atoms with Gasteiger partial charge in [0.2, 0.25) is 10.0 Å². The van der Waals surface area contributed by atoms with Crippen molar-refractivity contribution in [2.24, 2.45) is 0 Å². The van der Waals surface area contributed by atoms with Crippen molar-refractivity contribution in [2.45, 2.75) is 62.6 Å². The molecule has 2 fully saturated rings. The van der Waals surface area contributed by atoms with E-state index in [1.54, 1.807) is 11.0 Å². The van der Waals surface area contributed by atoms with E-state index in [9.17, 15) is 13.2 Å². The Labute approximate surface area is 183 Å². The fraction of sp³-hybridized carbons (Fsp3) is 0.667. The van der Waals surface area contributed by atoms with Crippen molar-refractivity contribution < 1.29 is 22.7 Å². The molecule has 1 amide bonds. The number of amides is 1. The fourth-order valence-corrected chi connectivity index (χ4v) is 5.96. The highest BCUT2D eigenvalue weighted by atomic mass is 35.5. The molecule has 1 saturated heterocycles. The number of halogens is 1. The van der Waals surface area contributed by atoms with Gasteiger partial charge in [0, 0.05) is 17.6 Å². The summed E-state index contributed by atoms with van der Waals surface area (Å²) in [6, 6.07) is 4.88. The quantitative estimate of drug-likeness (QED) is 0.739. The van der Waals surface area contributed by atoms with E-state index in [2.05, 4.69) is 4.72 Å². The van der Waals surface area contributed by atoms with Gasteiger partial charge in [0.1, 0.15) is 5.75 Å². The largest absolute Gasteiger partial charge is 0.483 e. The normalized spacial score (nSPS) is 30.3. The van der Waals surface area contributed by atoms with Crippen LogP contribution in [0.3, 0.4) is 0 Å². The average molecular weight is 457 g/mol. The maximum atomic E-state index is 13.1. The maximum absolute atomic E-state index is 13.1. The molecule has 4 aliphatic rings. The van der Waals surface area contributed by atoms with Crippen LogP contribution < -0.4 is 9.46 Å². The zero-order chi connectivity index (χ0) is 21.3. The minimum absolute atomic E-state index is 0.0904. The molecule has 1 aromatic carbocycles. The van der Waals surface area contributed by atoms with Gasteiger partial charge in [-0.25, -0.2) is 13.1 Å². The summed E-state index contributed by atoms with van der Waals surface area (Å²) in [5.41, 5.74) is 1.06. The van der Waals surface area contributed by atoms with Crippen LogP contribution in [0, 0.1) is 0 Å². The molecular formula is C21H29ClN2O5S. The molecule has 166 valence electrons. The van der Waals surface area contributed by atoms with Gasteiger partial charge < -0.3 is 14.4 Å². The van der Waals surface area contributed by atoms with E-state index < -0.39 is 10.0 Å². The summed E-state index contributed by atoms with van der Waals surface area (Å²) in [5, 5.41) is 0.664. The summed E-state index contributed by atoms with van der Waals surface area (Å²) in [6.07, 6.45) is 6.45. The Bertz CT molecular complexity index is 885. The summed E-state index contributed by atoms with van der Waals surface area (Å²) >= 11 is 6.24. The summed E-state index contributed by atoms with van der Waals surface area (Å²) in [7, 11) is -3.39. The van der Waals surface area contributed by atoms with Crippen molar-refractivity contribution in [1.82, 2.24) is 9.62 Å². The third kappa shape index (κ3) is 5.10. The number of benzene rings is 1. The van der Waals surface area contributed by atoms with E-state index in [0.717, 1.165) is 43.9 Å². The molecule has 0 aromatic heterocycles. The Kier molecular flexibility index (Phi) is 6.58. The predicted molar refractivity (Wildman–Crippen MR) is 114 cm³/mol. The third-order valence-electron chi connectivity index (χ3n) is 6.40. The Morgan fingerprint density at radius 3 is 2.67 bits per heavy atom. The molecule has 30 heavy (non-hydrogen) atoms. The van der Waals surface area contributed by atoms with Crippen LogP contribution >= 0.6 is 11.6 Å². The van der Waals surface area contributed by atoms with Crippen molar-refractivity contribution in [1.29, 1.82) is 0 Å². The average Bonchev–Trinajstić information content (AvgIpc) is 2.71. The van der Waals surface area contributed by atoms with Gasteiger partial charge in [0.15, 0.2) is 6.61 Å². The van der Waals surface area contributed by atoms with E-state index in [4.69, 9.17) is 21.1 Å². The minimum atomic E-state index is -3.39. The van der Waals surface area contributed by atoms with E-state index >= 15 is 0 Å². The molecule has 0 spiro atoms. The minimum Gasteiger partial charge on any atom is -0.483 e. The van der Waals surface area contributed by atoms with Crippen LogP contribution in [0.2, 0.25) is 5.02 Å². The Balaban J connectivity index is 1.62. The molecule has 2 bridgehead atoms. The molecule has 7 nitrogen and oxygen atoms in total. The summed E-state index contributed by atoms with van der Waals surface area (Å²) in [5.74, 6) is 0.878. The first-order chi connectivity index (χ1) is 14.3. The van der Waals surface area contributed by atoms with E-state index in [-0.39, 0.29) is 30.7 Å². The predicted octanol–water partition coefficient (Wildman–Crippen LogP) is 2.68. The first-order valence-electron chi connectivity index (χ1n) is 10.6. The van der Waals surface area contributed by atoms with Crippen molar-refractivity contribution in [3.63, 3.8) is 0 Å². The second-order valence-corrected chi connectivity index (χ2v) is 10.8. The number of rotatable bonds is 2. The van der Waals surface area contributed by atoms with Crippen LogP contribution in [-0.2, 0) is 19.6 Å². The first kappa shape index (κ1) is 21.9. The molecule has 1 aromatic rings. The molecule has 3 aliphatic heterocycles. The van der Waals surface area contributed by atoms with Crippen molar-refractivity contribution in [2.75, 3.05) is 26.0 Å². The highest BCUT2D eigenvalue weighted by molar-refractivity contribution is 7.88. The smallest absolute Gasteiger partial charge is 0.260 e. The van der Waals surface area contributed by atoms with Crippen LogP contribution in [0.25, 0.3) is 0 Å². The Hall–Kier alpha value is -1.35. The Morgan fingerprint density at radius 2 is 1.93 bits per heavy atom. The van der Waals surface area contributed by atoms with Gasteiger partial charge in [-0.3, -0.25) is 4.79 Å². The van der Waals surface area contributed by atoms with Crippen molar-refractivity contribution in [3.05, 3.63) is 28.8 Å². The van der Waals surface area contributed by atoms with Gasteiger partial charge in [-0.15, -0.1) is 0 Å². The van der Waals surface area contributed by atoms with Crippen LogP contribution in [0.4, 0.5) is 0 Å². The number of piperidine rings is 1. The lowest BCUT2D eigenvalue weighted by Gasteiger charge is -2.41. The van der Waals surface area contributed by atoms with Gasteiger partial charge in [-0.05, 0) is 68.2 Å². The number of fused-ring (bicyclic) bond motifs is 5. The molecule has 1 unspecified atom stereocenters. The summed E-state index contributed by atoms with van der Waals surface area (Å²) in [4.78, 5) is 14.8. The van der Waals surface area contributed by atoms with Gasteiger partial charge >= 0.3 is 0 Å². The fourth-order valence-electron chi connectivity index (χ4n) is 4.95.